The Balaban J connectivity index is 1.77. The van der Waals surface area contributed by atoms with E-state index < -0.39 is 0 Å². The van der Waals surface area contributed by atoms with Gasteiger partial charge < -0.3 is 9.80 Å². The lowest BCUT2D eigenvalue weighted by Crippen LogP contribution is -2.48. The highest BCUT2D eigenvalue weighted by atomic mass is 32.2. The number of carbonyl (C=O) groups is 1. The van der Waals surface area contributed by atoms with Gasteiger partial charge in [0.2, 0.25) is 0 Å². The molecule has 36 heavy (non-hydrogen) atoms. The van der Waals surface area contributed by atoms with Crippen LogP contribution >= 0.6 is 24.0 Å². The molecule has 0 spiro atoms. The molecule has 0 bridgehead atoms. The minimum Gasteiger partial charge on any atom is -0.368 e. The standard InChI is InChI=1S/C26H28FN5O2S2/c1-5-31-23(30-12-10-29(11-13-30)19-8-6-18(27)7-9-19)20(17(4)21(15-28)24(31)33)14-22-25(34)32(16(2)3)26(35)36-22/h6-9,14,16H,5,10-13H2,1-4H3/b22-14-. The lowest BCUT2D eigenvalue weighted by Gasteiger charge is -2.39. The zero-order valence-corrected chi connectivity index (χ0v) is 22.4. The number of amides is 1. The first kappa shape index (κ1) is 25.9. The summed E-state index contributed by atoms with van der Waals surface area (Å²) < 4.78 is 15.5. The van der Waals surface area contributed by atoms with Gasteiger partial charge >= 0.3 is 0 Å². The number of thioether (sulfide) groups is 1. The third-order valence-corrected chi connectivity index (χ3v) is 7.88. The summed E-state index contributed by atoms with van der Waals surface area (Å²) in [5.74, 6) is 0.261. The number of hydrogen-bond donors (Lipinski definition) is 0. The van der Waals surface area contributed by atoms with Crippen molar-refractivity contribution >= 4 is 51.8 Å². The SMILES string of the molecule is CCn1c(N2CCN(c3ccc(F)cc3)CC2)c(/C=C2\SC(=S)N(C(C)C)C2=O)c(C)c(C#N)c1=O. The molecule has 2 aliphatic heterocycles. The number of nitriles is 1. The number of nitrogens with zero attached hydrogens (tertiary/aromatic N) is 5. The summed E-state index contributed by atoms with van der Waals surface area (Å²) in [4.78, 5) is 32.7. The van der Waals surface area contributed by atoms with Crippen LogP contribution in [0.5, 0.6) is 0 Å². The van der Waals surface area contributed by atoms with Crippen LogP contribution in [0.1, 0.15) is 37.5 Å². The fourth-order valence-electron chi connectivity index (χ4n) is 4.66. The van der Waals surface area contributed by atoms with E-state index in [1.54, 1.807) is 34.6 Å². The fourth-order valence-corrected chi connectivity index (χ4v) is 6.17. The van der Waals surface area contributed by atoms with E-state index in [0.717, 1.165) is 5.69 Å². The number of thiocarbonyl (C=S) groups is 1. The lowest BCUT2D eigenvalue weighted by atomic mass is 10.0. The van der Waals surface area contributed by atoms with Gasteiger partial charge in [0.05, 0.1) is 4.91 Å². The first-order chi connectivity index (χ1) is 17.2. The largest absolute Gasteiger partial charge is 0.368 e. The molecule has 2 aromatic rings. The molecule has 10 heteroatoms. The van der Waals surface area contributed by atoms with Crippen LogP contribution in [0.15, 0.2) is 34.0 Å². The molecule has 0 radical (unpaired) electrons. The van der Waals surface area contributed by atoms with Crippen molar-refractivity contribution in [3.63, 3.8) is 0 Å². The van der Waals surface area contributed by atoms with Crippen LogP contribution in [0.2, 0.25) is 0 Å². The van der Waals surface area contributed by atoms with Crippen LogP contribution in [-0.4, -0.2) is 51.9 Å². The molecule has 0 unspecified atom stereocenters. The normalized spacial score (nSPS) is 17.5. The molecule has 0 N–H and O–H groups in total. The minimum absolute atomic E-state index is 0.0669. The summed E-state index contributed by atoms with van der Waals surface area (Å²) in [6.45, 7) is 10.4. The number of anilines is 2. The maximum absolute atomic E-state index is 13.4. The Hall–Kier alpha value is -3.16. The molecule has 4 rings (SSSR count). The smallest absolute Gasteiger partial charge is 0.270 e. The minimum atomic E-state index is -0.333. The number of piperazine rings is 1. The Bertz CT molecular complexity index is 1340. The van der Waals surface area contributed by atoms with Gasteiger partial charge in [-0.15, -0.1) is 0 Å². The van der Waals surface area contributed by atoms with Gasteiger partial charge in [0.25, 0.3) is 11.5 Å². The van der Waals surface area contributed by atoms with Gasteiger partial charge in [-0.3, -0.25) is 19.1 Å². The number of pyridine rings is 1. The predicted octanol–water partition coefficient (Wildman–Crippen LogP) is 4.12. The Morgan fingerprint density at radius 1 is 1.14 bits per heavy atom. The molecule has 1 amide bonds. The highest BCUT2D eigenvalue weighted by Crippen LogP contribution is 2.37. The number of carbonyl (C=O) groups excluding carboxylic acids is 1. The maximum Gasteiger partial charge on any atom is 0.270 e. The summed E-state index contributed by atoms with van der Waals surface area (Å²) in [5.41, 5.74) is 1.93. The van der Waals surface area contributed by atoms with Crippen molar-refractivity contribution in [3.05, 3.63) is 62.0 Å². The fraction of sp³-hybridized carbons (Fsp3) is 0.385. The molecule has 0 atom stereocenters. The van der Waals surface area contributed by atoms with Crippen LogP contribution < -0.4 is 15.4 Å². The van der Waals surface area contributed by atoms with E-state index >= 15 is 0 Å². The lowest BCUT2D eigenvalue weighted by molar-refractivity contribution is -0.123. The van der Waals surface area contributed by atoms with Crippen molar-refractivity contribution in [3.8, 4) is 6.07 Å². The van der Waals surface area contributed by atoms with Gasteiger partial charge in [-0.25, -0.2) is 4.39 Å². The first-order valence-corrected chi connectivity index (χ1v) is 13.1. The predicted molar refractivity (Wildman–Crippen MR) is 147 cm³/mol. The van der Waals surface area contributed by atoms with Crippen molar-refractivity contribution in [1.82, 2.24) is 9.47 Å². The molecule has 2 saturated heterocycles. The summed E-state index contributed by atoms with van der Waals surface area (Å²) in [6, 6.07) is 8.43. The van der Waals surface area contributed by atoms with Crippen molar-refractivity contribution in [2.45, 2.75) is 40.3 Å². The number of hydrogen-bond acceptors (Lipinski definition) is 7. The summed E-state index contributed by atoms with van der Waals surface area (Å²) in [7, 11) is 0. The second-order valence-corrected chi connectivity index (χ2v) is 10.7. The van der Waals surface area contributed by atoms with Crippen LogP contribution in [0, 0.1) is 24.1 Å². The molecule has 188 valence electrons. The van der Waals surface area contributed by atoms with Crippen molar-refractivity contribution in [2.24, 2.45) is 0 Å². The monoisotopic (exact) mass is 525 g/mol. The Kier molecular flexibility index (Phi) is 7.52. The third kappa shape index (κ3) is 4.65. The molecule has 1 aromatic carbocycles. The molecule has 0 aliphatic carbocycles. The second kappa shape index (κ2) is 10.4. The highest BCUT2D eigenvalue weighted by molar-refractivity contribution is 8.26. The summed E-state index contributed by atoms with van der Waals surface area (Å²) in [6.07, 6.45) is 1.78. The van der Waals surface area contributed by atoms with E-state index in [1.165, 1.54) is 23.9 Å². The number of benzene rings is 1. The van der Waals surface area contributed by atoms with Crippen molar-refractivity contribution in [2.75, 3.05) is 36.0 Å². The van der Waals surface area contributed by atoms with E-state index in [1.807, 2.05) is 20.8 Å². The molecule has 2 fully saturated rings. The van der Waals surface area contributed by atoms with Gasteiger partial charge in [0.15, 0.2) is 0 Å². The molecule has 2 aliphatic rings. The van der Waals surface area contributed by atoms with Gasteiger partial charge in [-0.2, -0.15) is 5.26 Å². The van der Waals surface area contributed by atoms with Gasteiger partial charge in [0, 0.05) is 50.0 Å². The molecule has 3 heterocycles. The van der Waals surface area contributed by atoms with Gasteiger partial charge in [0.1, 0.15) is 27.6 Å². The molecule has 7 nitrogen and oxygen atoms in total. The Labute approximate surface area is 219 Å². The van der Waals surface area contributed by atoms with Crippen LogP contribution in [-0.2, 0) is 11.3 Å². The molecule has 0 saturated carbocycles. The molecular formula is C26H28FN5O2S2. The topological polar surface area (TPSA) is 72.6 Å². The quantitative estimate of drug-likeness (QED) is 0.430. The zero-order chi connectivity index (χ0) is 26.1. The first-order valence-electron chi connectivity index (χ1n) is 11.9. The van der Waals surface area contributed by atoms with Crippen LogP contribution in [0.4, 0.5) is 15.9 Å². The van der Waals surface area contributed by atoms with E-state index in [-0.39, 0.29) is 28.9 Å². The molecular weight excluding hydrogens is 497 g/mol. The number of aromatic nitrogens is 1. The Morgan fingerprint density at radius 2 is 1.75 bits per heavy atom. The number of halogens is 1. The third-order valence-electron chi connectivity index (χ3n) is 6.55. The van der Waals surface area contributed by atoms with Crippen LogP contribution in [0.25, 0.3) is 6.08 Å². The van der Waals surface area contributed by atoms with E-state index in [9.17, 15) is 19.2 Å². The van der Waals surface area contributed by atoms with E-state index in [2.05, 4.69) is 15.9 Å². The Morgan fingerprint density at radius 3 is 2.28 bits per heavy atom. The van der Waals surface area contributed by atoms with E-state index in [4.69, 9.17) is 12.2 Å². The zero-order valence-electron chi connectivity index (χ0n) is 20.7. The average Bonchev–Trinajstić information content (AvgIpc) is 3.14. The summed E-state index contributed by atoms with van der Waals surface area (Å²) >= 11 is 6.68. The maximum atomic E-state index is 13.4. The number of rotatable bonds is 5. The van der Waals surface area contributed by atoms with Gasteiger partial charge in [-0.05, 0) is 63.6 Å². The van der Waals surface area contributed by atoms with Crippen LogP contribution in [0.3, 0.4) is 0 Å². The van der Waals surface area contributed by atoms with Crippen molar-refractivity contribution < 1.29 is 9.18 Å². The van der Waals surface area contributed by atoms with Crippen molar-refractivity contribution in [1.29, 1.82) is 5.26 Å². The molecule has 1 aromatic heterocycles. The average molecular weight is 526 g/mol. The second-order valence-electron chi connectivity index (χ2n) is 8.99. The van der Waals surface area contributed by atoms with E-state index in [0.29, 0.717) is 58.9 Å². The highest BCUT2D eigenvalue weighted by Gasteiger charge is 2.35. The summed E-state index contributed by atoms with van der Waals surface area (Å²) in [5, 5.41) is 9.76. The van der Waals surface area contributed by atoms with Gasteiger partial charge in [-0.1, -0.05) is 24.0 Å².